The molecular formula is C48H75O3P. The van der Waals surface area contributed by atoms with Gasteiger partial charge < -0.3 is 14.3 Å². The number of unbranched alkanes of at least 4 members (excludes halogenated alkanes) is 14. The van der Waals surface area contributed by atoms with Crippen molar-refractivity contribution in [1.82, 2.24) is 0 Å². The van der Waals surface area contributed by atoms with Gasteiger partial charge in [0.05, 0.1) is 6.61 Å². The molecule has 3 aromatic carbocycles. The predicted octanol–water partition coefficient (Wildman–Crippen LogP) is 14.4. The van der Waals surface area contributed by atoms with E-state index in [1.165, 1.54) is 117 Å². The van der Waals surface area contributed by atoms with Crippen LogP contribution >= 0.6 is 8.60 Å². The molecule has 0 aromatic heterocycles. The molecule has 0 aliphatic heterocycles. The van der Waals surface area contributed by atoms with E-state index in [1.54, 1.807) is 0 Å². The molecule has 0 bridgehead atoms. The van der Waals surface area contributed by atoms with Gasteiger partial charge in [-0.05, 0) is 62.5 Å². The van der Waals surface area contributed by atoms with Gasteiger partial charge in [-0.1, -0.05) is 225 Å². The zero-order valence-corrected chi connectivity index (χ0v) is 35.6. The summed E-state index contributed by atoms with van der Waals surface area (Å²) in [5.41, 5.74) is 8.56. The first-order valence-electron chi connectivity index (χ1n) is 20.7. The van der Waals surface area contributed by atoms with Gasteiger partial charge in [-0.2, -0.15) is 0 Å². The summed E-state index contributed by atoms with van der Waals surface area (Å²) < 4.78 is 4.84. The van der Waals surface area contributed by atoms with Gasteiger partial charge in [0.2, 0.25) is 0 Å². The minimum Gasteiger partial charge on any atom is -0.328 e. The molecule has 52 heavy (non-hydrogen) atoms. The molecule has 4 heteroatoms. The summed E-state index contributed by atoms with van der Waals surface area (Å²) in [6.07, 6.45) is 20.2. The van der Waals surface area contributed by atoms with Crippen LogP contribution in [0.1, 0.15) is 198 Å². The molecule has 0 saturated heterocycles. The van der Waals surface area contributed by atoms with Crippen molar-refractivity contribution in [2.75, 3.05) is 6.61 Å². The highest BCUT2D eigenvalue weighted by atomic mass is 31.2. The van der Waals surface area contributed by atoms with Gasteiger partial charge in [0.15, 0.2) is 0 Å². The van der Waals surface area contributed by atoms with E-state index >= 15 is 0 Å². The second-order valence-corrected chi connectivity index (χ2v) is 19.2. The minimum atomic E-state index is -2.19. The maximum atomic E-state index is 8.80. The van der Waals surface area contributed by atoms with Crippen molar-refractivity contribution in [3.8, 4) is 0 Å². The molecule has 0 aliphatic rings. The van der Waals surface area contributed by atoms with Gasteiger partial charge in [0.1, 0.15) is 0 Å². The molecule has 0 heterocycles. The summed E-state index contributed by atoms with van der Waals surface area (Å²) in [6, 6.07) is 28.2. The normalized spacial score (nSPS) is 12.9. The van der Waals surface area contributed by atoms with Crippen LogP contribution in [0.5, 0.6) is 0 Å². The SMILES string of the molecule is CC(C)(C)c1ccccc1C(CCCCCCCCCCCCCCCCCOP(O)O)(c1ccccc1C(C)(C)C)c1ccccc1C(C)(C)C. The Labute approximate surface area is 321 Å². The molecule has 2 N–H and O–H groups in total. The summed E-state index contributed by atoms with van der Waals surface area (Å²) in [6.45, 7) is 21.9. The van der Waals surface area contributed by atoms with E-state index in [0.29, 0.717) is 6.61 Å². The first kappa shape index (κ1) is 44.4. The molecular weight excluding hydrogens is 655 g/mol. The molecule has 3 aromatic rings. The molecule has 3 nitrogen and oxygen atoms in total. The summed E-state index contributed by atoms with van der Waals surface area (Å²) in [5, 5.41) is 0. The van der Waals surface area contributed by atoms with E-state index in [1.807, 2.05) is 0 Å². The van der Waals surface area contributed by atoms with E-state index in [4.69, 9.17) is 14.3 Å². The first-order valence-corrected chi connectivity index (χ1v) is 21.9. The Hall–Kier alpha value is -2.03. The number of rotatable bonds is 22. The van der Waals surface area contributed by atoms with Gasteiger partial charge in [-0.25, -0.2) is 0 Å². The Bertz CT molecular complexity index is 1300. The molecule has 0 fully saturated rings. The Morgan fingerprint density at radius 3 is 0.904 bits per heavy atom. The molecule has 290 valence electrons. The molecule has 0 atom stereocenters. The maximum absolute atomic E-state index is 8.80. The van der Waals surface area contributed by atoms with Gasteiger partial charge in [-0.3, -0.25) is 0 Å². The summed E-state index contributed by atoms with van der Waals surface area (Å²) >= 11 is 0. The molecule has 0 spiro atoms. The van der Waals surface area contributed by atoms with Crippen molar-refractivity contribution in [2.45, 2.75) is 187 Å². The summed E-state index contributed by atoms with van der Waals surface area (Å²) in [4.78, 5) is 17.6. The lowest BCUT2D eigenvalue weighted by molar-refractivity contribution is 0.248. The number of hydrogen-bond acceptors (Lipinski definition) is 3. The Kier molecular flexibility index (Phi) is 18.1. The Balaban J connectivity index is 1.73. The van der Waals surface area contributed by atoms with Crippen molar-refractivity contribution < 1.29 is 14.3 Å². The van der Waals surface area contributed by atoms with Gasteiger partial charge in [0.25, 0.3) is 0 Å². The fourth-order valence-electron chi connectivity index (χ4n) is 8.30. The van der Waals surface area contributed by atoms with Crippen LogP contribution in [0.4, 0.5) is 0 Å². The standard InChI is InChI=1S/C48H75O3P/c1-45(2,3)39-31-23-26-34-42(39)48(43-35-27-24-32-40(43)46(4,5)6,44-36-28-25-33-41(44)47(7,8)9)37-29-21-19-17-15-13-11-10-12-14-16-18-20-22-30-38-51-52(49)50/h23-28,31-36,49-50H,10-22,29-30,37-38H2,1-9H3. The van der Waals surface area contributed by atoms with Crippen LogP contribution in [-0.2, 0) is 26.2 Å². The zero-order chi connectivity index (χ0) is 38.3. The summed E-state index contributed by atoms with van der Waals surface area (Å²) in [7, 11) is -2.19. The quantitative estimate of drug-likeness (QED) is 0.0615. The van der Waals surface area contributed by atoms with Crippen molar-refractivity contribution >= 4 is 8.60 Å². The first-order chi connectivity index (χ1) is 24.6. The van der Waals surface area contributed by atoms with Gasteiger partial charge >= 0.3 is 8.60 Å². The second kappa shape index (κ2) is 21.2. The minimum absolute atomic E-state index is 0.0123. The highest BCUT2D eigenvalue weighted by Gasteiger charge is 2.44. The van der Waals surface area contributed by atoms with Crippen LogP contribution in [0.25, 0.3) is 0 Å². The Morgan fingerprint density at radius 2 is 0.635 bits per heavy atom. The van der Waals surface area contributed by atoms with Crippen LogP contribution in [0, 0.1) is 0 Å². The summed E-state index contributed by atoms with van der Waals surface area (Å²) in [5.74, 6) is 0. The lowest BCUT2D eigenvalue weighted by Gasteiger charge is -2.44. The lowest BCUT2D eigenvalue weighted by Crippen LogP contribution is -2.37. The number of hydrogen-bond donors (Lipinski definition) is 2. The van der Waals surface area contributed by atoms with Gasteiger partial charge in [0, 0.05) is 5.41 Å². The molecule has 3 rings (SSSR count). The third kappa shape index (κ3) is 13.4. The van der Waals surface area contributed by atoms with Crippen molar-refractivity contribution in [3.63, 3.8) is 0 Å². The van der Waals surface area contributed by atoms with Crippen LogP contribution in [0.3, 0.4) is 0 Å². The zero-order valence-electron chi connectivity index (χ0n) is 34.7. The monoisotopic (exact) mass is 731 g/mol. The number of benzene rings is 3. The van der Waals surface area contributed by atoms with Crippen LogP contribution in [-0.4, -0.2) is 16.4 Å². The topological polar surface area (TPSA) is 49.7 Å². The average Bonchev–Trinajstić information content (AvgIpc) is 3.08. The molecule has 0 saturated carbocycles. The van der Waals surface area contributed by atoms with Crippen LogP contribution in [0.2, 0.25) is 0 Å². The molecule has 0 unspecified atom stereocenters. The largest absolute Gasteiger partial charge is 0.328 e. The predicted molar refractivity (Wildman–Crippen MR) is 226 cm³/mol. The van der Waals surface area contributed by atoms with E-state index in [2.05, 4.69) is 135 Å². The van der Waals surface area contributed by atoms with Gasteiger partial charge in [-0.15, -0.1) is 0 Å². The van der Waals surface area contributed by atoms with E-state index in [9.17, 15) is 0 Å². The third-order valence-electron chi connectivity index (χ3n) is 11.0. The second-order valence-electron chi connectivity index (χ2n) is 18.4. The highest BCUT2D eigenvalue weighted by molar-refractivity contribution is 7.39. The van der Waals surface area contributed by atoms with Crippen LogP contribution < -0.4 is 0 Å². The van der Waals surface area contributed by atoms with E-state index in [-0.39, 0.29) is 21.7 Å². The maximum Gasteiger partial charge on any atom is 0.327 e. The molecule has 0 radical (unpaired) electrons. The highest BCUT2D eigenvalue weighted by Crippen LogP contribution is 2.52. The smallest absolute Gasteiger partial charge is 0.327 e. The fraction of sp³-hybridized carbons (Fsp3) is 0.625. The lowest BCUT2D eigenvalue weighted by atomic mass is 9.58. The fourth-order valence-corrected chi connectivity index (χ4v) is 8.60. The van der Waals surface area contributed by atoms with Crippen molar-refractivity contribution in [1.29, 1.82) is 0 Å². The van der Waals surface area contributed by atoms with Crippen molar-refractivity contribution in [3.05, 3.63) is 106 Å². The van der Waals surface area contributed by atoms with E-state index < -0.39 is 8.60 Å². The van der Waals surface area contributed by atoms with Crippen LogP contribution in [0.15, 0.2) is 72.8 Å². The Morgan fingerprint density at radius 1 is 0.385 bits per heavy atom. The molecule has 0 amide bonds. The van der Waals surface area contributed by atoms with Crippen molar-refractivity contribution in [2.24, 2.45) is 0 Å². The molecule has 0 aliphatic carbocycles. The average molecular weight is 731 g/mol. The third-order valence-corrected chi connectivity index (χ3v) is 11.4. The van der Waals surface area contributed by atoms with E-state index in [0.717, 1.165) is 19.3 Å².